The van der Waals surface area contributed by atoms with Crippen molar-refractivity contribution in [3.05, 3.63) is 44.8 Å². The SMILES string of the molecule is O=[N+]([O-])c1c(Cl)nc(-c2ccccn2)nc1Cl. The Balaban J connectivity index is 2.57. The van der Waals surface area contributed by atoms with Crippen LogP contribution in [0.25, 0.3) is 11.5 Å². The number of aromatic nitrogens is 3. The van der Waals surface area contributed by atoms with Crippen LogP contribution in [0.15, 0.2) is 24.4 Å². The lowest BCUT2D eigenvalue weighted by atomic mass is 10.3. The van der Waals surface area contributed by atoms with Crippen molar-refractivity contribution in [1.82, 2.24) is 15.0 Å². The summed E-state index contributed by atoms with van der Waals surface area (Å²) in [6.45, 7) is 0. The van der Waals surface area contributed by atoms with Gasteiger partial charge in [0.05, 0.1) is 4.92 Å². The van der Waals surface area contributed by atoms with Crippen molar-refractivity contribution in [3.63, 3.8) is 0 Å². The Kier molecular flexibility index (Phi) is 3.16. The molecule has 86 valence electrons. The van der Waals surface area contributed by atoms with Crippen molar-refractivity contribution < 1.29 is 4.92 Å². The molecule has 0 aliphatic rings. The molecule has 0 aromatic carbocycles. The fraction of sp³-hybridized carbons (Fsp3) is 0. The maximum Gasteiger partial charge on any atom is 0.343 e. The van der Waals surface area contributed by atoms with Crippen LogP contribution in [-0.4, -0.2) is 19.9 Å². The minimum absolute atomic E-state index is 0.145. The van der Waals surface area contributed by atoms with Crippen molar-refractivity contribution in [2.75, 3.05) is 0 Å². The molecule has 2 heterocycles. The van der Waals surface area contributed by atoms with E-state index in [1.54, 1.807) is 24.4 Å². The van der Waals surface area contributed by atoms with E-state index in [1.807, 2.05) is 0 Å². The van der Waals surface area contributed by atoms with Gasteiger partial charge in [0.1, 0.15) is 5.69 Å². The van der Waals surface area contributed by atoms with Crippen LogP contribution < -0.4 is 0 Å². The summed E-state index contributed by atoms with van der Waals surface area (Å²) < 4.78 is 0. The topological polar surface area (TPSA) is 81.8 Å². The van der Waals surface area contributed by atoms with Gasteiger partial charge in [-0.3, -0.25) is 15.1 Å². The van der Waals surface area contributed by atoms with Gasteiger partial charge in [0.25, 0.3) is 0 Å². The normalized spacial score (nSPS) is 10.2. The molecule has 2 rings (SSSR count). The molecule has 0 saturated carbocycles. The second-order valence-corrected chi connectivity index (χ2v) is 3.67. The van der Waals surface area contributed by atoms with E-state index in [-0.39, 0.29) is 16.1 Å². The zero-order valence-corrected chi connectivity index (χ0v) is 9.68. The molecule has 0 radical (unpaired) electrons. The van der Waals surface area contributed by atoms with Crippen LogP contribution in [-0.2, 0) is 0 Å². The van der Waals surface area contributed by atoms with E-state index < -0.39 is 10.6 Å². The largest absolute Gasteiger partial charge is 0.343 e. The van der Waals surface area contributed by atoms with Gasteiger partial charge in [-0.25, -0.2) is 9.97 Å². The van der Waals surface area contributed by atoms with Gasteiger partial charge < -0.3 is 0 Å². The fourth-order valence-corrected chi connectivity index (χ4v) is 1.69. The maximum absolute atomic E-state index is 10.6. The van der Waals surface area contributed by atoms with Gasteiger partial charge in [0.2, 0.25) is 10.3 Å². The average molecular weight is 271 g/mol. The van der Waals surface area contributed by atoms with E-state index in [0.29, 0.717) is 5.69 Å². The smallest absolute Gasteiger partial charge is 0.258 e. The molecule has 0 fully saturated rings. The zero-order valence-electron chi connectivity index (χ0n) is 8.17. The first-order valence-electron chi connectivity index (χ1n) is 4.38. The van der Waals surface area contributed by atoms with Crippen LogP contribution in [0, 0.1) is 10.1 Å². The van der Waals surface area contributed by atoms with Gasteiger partial charge in [-0.05, 0) is 12.1 Å². The lowest BCUT2D eigenvalue weighted by Gasteiger charge is -2.01. The van der Waals surface area contributed by atoms with Gasteiger partial charge in [0.15, 0.2) is 5.82 Å². The first kappa shape index (κ1) is 11.7. The van der Waals surface area contributed by atoms with E-state index in [9.17, 15) is 10.1 Å². The Hall–Kier alpha value is -1.79. The summed E-state index contributed by atoms with van der Waals surface area (Å²) in [5.74, 6) is 0.145. The van der Waals surface area contributed by atoms with Crippen LogP contribution in [0.3, 0.4) is 0 Å². The molecule has 8 heteroatoms. The number of hydrogen-bond acceptors (Lipinski definition) is 5. The summed E-state index contributed by atoms with van der Waals surface area (Å²) in [6.07, 6.45) is 1.54. The maximum atomic E-state index is 10.6. The van der Waals surface area contributed by atoms with Crippen LogP contribution in [0.2, 0.25) is 10.3 Å². The summed E-state index contributed by atoms with van der Waals surface area (Å²) in [5.41, 5.74) is -0.0702. The minimum Gasteiger partial charge on any atom is -0.258 e. The Morgan fingerprint density at radius 1 is 1.18 bits per heavy atom. The Labute approximate surface area is 105 Å². The molecule has 0 N–H and O–H groups in total. The van der Waals surface area contributed by atoms with E-state index in [4.69, 9.17) is 23.2 Å². The minimum atomic E-state index is -0.729. The lowest BCUT2D eigenvalue weighted by molar-refractivity contribution is -0.385. The summed E-state index contributed by atoms with van der Waals surface area (Å²) >= 11 is 11.3. The van der Waals surface area contributed by atoms with Gasteiger partial charge in [-0.2, -0.15) is 0 Å². The molecule has 0 saturated heterocycles. The predicted molar refractivity (Wildman–Crippen MR) is 61.9 cm³/mol. The molecular formula is C9H4Cl2N4O2. The van der Waals surface area contributed by atoms with Crippen molar-refractivity contribution in [3.8, 4) is 11.5 Å². The third-order valence-electron chi connectivity index (χ3n) is 1.88. The van der Waals surface area contributed by atoms with E-state index >= 15 is 0 Å². The molecule has 0 atom stereocenters. The third kappa shape index (κ3) is 2.32. The van der Waals surface area contributed by atoms with Gasteiger partial charge in [-0.1, -0.05) is 29.3 Å². The first-order chi connectivity index (χ1) is 8.09. The van der Waals surface area contributed by atoms with Crippen molar-refractivity contribution >= 4 is 28.9 Å². The van der Waals surface area contributed by atoms with Gasteiger partial charge in [-0.15, -0.1) is 0 Å². The standard InChI is InChI=1S/C9H4Cl2N4O2/c10-7-6(15(16)17)8(11)14-9(13-7)5-3-1-2-4-12-5/h1-4H. The average Bonchev–Trinajstić information content (AvgIpc) is 2.28. The molecule has 0 unspecified atom stereocenters. The summed E-state index contributed by atoms with van der Waals surface area (Å²) in [4.78, 5) is 21.5. The number of pyridine rings is 1. The molecule has 0 aliphatic heterocycles. The molecule has 17 heavy (non-hydrogen) atoms. The van der Waals surface area contributed by atoms with Crippen molar-refractivity contribution in [2.24, 2.45) is 0 Å². The highest BCUT2D eigenvalue weighted by Crippen LogP contribution is 2.30. The second-order valence-electron chi connectivity index (χ2n) is 2.95. The molecule has 0 aliphatic carbocycles. The molecule has 2 aromatic heterocycles. The predicted octanol–water partition coefficient (Wildman–Crippen LogP) is 2.75. The van der Waals surface area contributed by atoms with Crippen molar-refractivity contribution in [1.29, 1.82) is 0 Å². The first-order valence-corrected chi connectivity index (χ1v) is 5.14. The summed E-state index contributed by atoms with van der Waals surface area (Å²) in [5, 5.41) is 10.0. The zero-order chi connectivity index (χ0) is 12.4. The summed E-state index contributed by atoms with van der Waals surface area (Å²) in [7, 11) is 0. The Bertz CT molecular complexity index is 553. The highest BCUT2D eigenvalue weighted by atomic mass is 35.5. The summed E-state index contributed by atoms with van der Waals surface area (Å²) in [6, 6.07) is 5.10. The second kappa shape index (κ2) is 4.60. The van der Waals surface area contributed by atoms with Crippen LogP contribution in [0.1, 0.15) is 0 Å². The van der Waals surface area contributed by atoms with Crippen molar-refractivity contribution in [2.45, 2.75) is 0 Å². The van der Waals surface area contributed by atoms with Crippen LogP contribution in [0.4, 0.5) is 5.69 Å². The van der Waals surface area contributed by atoms with Gasteiger partial charge in [0, 0.05) is 6.20 Å². The van der Waals surface area contributed by atoms with E-state index in [2.05, 4.69) is 15.0 Å². The Morgan fingerprint density at radius 2 is 1.82 bits per heavy atom. The molecular weight excluding hydrogens is 267 g/mol. The lowest BCUT2D eigenvalue weighted by Crippen LogP contribution is -1.98. The quantitative estimate of drug-likeness (QED) is 0.476. The van der Waals surface area contributed by atoms with Crippen LogP contribution >= 0.6 is 23.2 Å². The highest BCUT2D eigenvalue weighted by molar-refractivity contribution is 6.36. The van der Waals surface area contributed by atoms with E-state index in [1.165, 1.54) is 0 Å². The third-order valence-corrected chi connectivity index (χ3v) is 2.40. The fourth-order valence-electron chi connectivity index (χ4n) is 1.16. The molecule has 0 bridgehead atoms. The number of nitro groups is 1. The van der Waals surface area contributed by atoms with E-state index in [0.717, 1.165) is 0 Å². The molecule has 2 aromatic rings. The molecule has 6 nitrogen and oxygen atoms in total. The number of halogens is 2. The monoisotopic (exact) mass is 270 g/mol. The number of hydrogen-bond donors (Lipinski definition) is 0. The number of rotatable bonds is 2. The molecule has 0 spiro atoms. The van der Waals surface area contributed by atoms with Gasteiger partial charge >= 0.3 is 5.69 Å². The molecule has 0 amide bonds. The Morgan fingerprint density at radius 3 is 2.29 bits per heavy atom. The van der Waals surface area contributed by atoms with Crippen LogP contribution in [0.5, 0.6) is 0 Å². The highest BCUT2D eigenvalue weighted by Gasteiger charge is 2.22. The number of nitrogens with zero attached hydrogens (tertiary/aromatic N) is 4.